The lowest BCUT2D eigenvalue weighted by molar-refractivity contribution is -0.248. The monoisotopic (exact) mass is 351 g/mol. The summed E-state index contributed by atoms with van der Waals surface area (Å²) in [5.74, 6) is -0.0174. The number of hydrogen-bond acceptors (Lipinski definition) is 4. The number of aliphatic hydroxyl groups is 1. The van der Waals surface area contributed by atoms with Gasteiger partial charge in [0.25, 0.3) is 0 Å². The zero-order chi connectivity index (χ0) is 17.4. The standard InChI is InChI=1S/C17H12F3NO2S/c18-17(19,20)16(23,12-6-2-1-3-7-12)15-21-14(10-24-15)11-5-4-8-13(22)9-11/h1-10,22-23H. The number of aromatic hydroxyl groups is 1. The molecule has 0 aliphatic heterocycles. The van der Waals surface area contributed by atoms with Crippen molar-refractivity contribution in [1.29, 1.82) is 0 Å². The molecule has 24 heavy (non-hydrogen) atoms. The molecule has 1 heterocycles. The van der Waals surface area contributed by atoms with E-state index < -0.39 is 16.8 Å². The van der Waals surface area contributed by atoms with Crippen LogP contribution in [-0.4, -0.2) is 21.4 Å². The molecule has 0 spiro atoms. The number of phenols is 1. The van der Waals surface area contributed by atoms with Gasteiger partial charge in [0.2, 0.25) is 5.60 Å². The van der Waals surface area contributed by atoms with Crippen molar-refractivity contribution in [3.05, 3.63) is 70.5 Å². The van der Waals surface area contributed by atoms with Gasteiger partial charge in [-0.1, -0.05) is 42.5 Å². The van der Waals surface area contributed by atoms with E-state index in [-0.39, 0.29) is 17.0 Å². The topological polar surface area (TPSA) is 53.4 Å². The third-order valence-electron chi connectivity index (χ3n) is 3.56. The summed E-state index contributed by atoms with van der Waals surface area (Å²) < 4.78 is 40.9. The van der Waals surface area contributed by atoms with E-state index in [9.17, 15) is 23.4 Å². The molecule has 3 aromatic rings. The Hall–Kier alpha value is -2.38. The number of nitrogens with zero attached hydrogens (tertiary/aromatic N) is 1. The van der Waals surface area contributed by atoms with E-state index in [4.69, 9.17) is 0 Å². The number of hydrogen-bond donors (Lipinski definition) is 2. The van der Waals surface area contributed by atoms with Gasteiger partial charge in [0.1, 0.15) is 10.8 Å². The molecule has 1 aromatic heterocycles. The molecule has 0 aliphatic carbocycles. The predicted octanol–water partition coefficient (Wildman–Crippen LogP) is 4.31. The molecule has 0 saturated carbocycles. The van der Waals surface area contributed by atoms with Crippen LogP contribution in [0.15, 0.2) is 60.0 Å². The lowest BCUT2D eigenvalue weighted by Gasteiger charge is -2.28. The van der Waals surface area contributed by atoms with Gasteiger partial charge >= 0.3 is 6.18 Å². The first-order valence-corrected chi connectivity index (χ1v) is 7.80. The maximum Gasteiger partial charge on any atom is 0.428 e. The molecule has 1 unspecified atom stereocenters. The van der Waals surface area contributed by atoms with Crippen LogP contribution in [0.25, 0.3) is 11.3 Å². The lowest BCUT2D eigenvalue weighted by atomic mass is 9.94. The molecule has 0 saturated heterocycles. The van der Waals surface area contributed by atoms with Crippen LogP contribution in [-0.2, 0) is 5.60 Å². The van der Waals surface area contributed by atoms with Crippen molar-refractivity contribution in [3.63, 3.8) is 0 Å². The average molecular weight is 351 g/mol. The molecule has 0 amide bonds. The van der Waals surface area contributed by atoms with Crippen molar-refractivity contribution in [2.45, 2.75) is 11.8 Å². The van der Waals surface area contributed by atoms with Crippen LogP contribution in [0.5, 0.6) is 5.75 Å². The highest BCUT2D eigenvalue weighted by molar-refractivity contribution is 7.10. The first-order chi connectivity index (χ1) is 11.3. The molecule has 2 aromatic carbocycles. The summed E-state index contributed by atoms with van der Waals surface area (Å²) >= 11 is 0.716. The van der Waals surface area contributed by atoms with E-state index >= 15 is 0 Å². The third-order valence-corrected chi connectivity index (χ3v) is 4.51. The minimum Gasteiger partial charge on any atom is -0.508 e. The van der Waals surface area contributed by atoms with E-state index in [0.717, 1.165) is 0 Å². The Morgan fingerprint density at radius 2 is 1.67 bits per heavy atom. The van der Waals surface area contributed by atoms with Crippen molar-refractivity contribution in [3.8, 4) is 17.0 Å². The number of phenolic OH excluding ortho intramolecular Hbond substituents is 1. The fraction of sp³-hybridized carbons (Fsp3) is 0.118. The highest BCUT2D eigenvalue weighted by atomic mass is 32.1. The van der Waals surface area contributed by atoms with Gasteiger partial charge in [0.15, 0.2) is 0 Å². The largest absolute Gasteiger partial charge is 0.508 e. The Labute approximate surface area is 139 Å². The molecule has 0 fully saturated rings. The second-order valence-corrected chi connectivity index (χ2v) is 6.02. The summed E-state index contributed by atoms with van der Waals surface area (Å²) in [6, 6.07) is 12.9. The highest BCUT2D eigenvalue weighted by Crippen LogP contribution is 2.45. The van der Waals surface area contributed by atoms with Crippen molar-refractivity contribution < 1.29 is 23.4 Å². The zero-order valence-corrected chi connectivity index (χ0v) is 13.0. The average Bonchev–Trinajstić information content (AvgIpc) is 3.04. The molecule has 3 rings (SSSR count). The van der Waals surface area contributed by atoms with Crippen molar-refractivity contribution in [2.24, 2.45) is 0 Å². The smallest absolute Gasteiger partial charge is 0.428 e. The number of benzene rings is 2. The fourth-order valence-corrected chi connectivity index (χ4v) is 3.29. The summed E-state index contributed by atoms with van der Waals surface area (Å²) in [6.07, 6.45) is -4.93. The van der Waals surface area contributed by atoms with Crippen LogP contribution in [0.2, 0.25) is 0 Å². The molecule has 1 atom stereocenters. The van der Waals surface area contributed by atoms with Gasteiger partial charge in [-0.05, 0) is 17.7 Å². The molecule has 2 N–H and O–H groups in total. The zero-order valence-electron chi connectivity index (χ0n) is 12.2. The molecule has 0 radical (unpaired) electrons. The first kappa shape index (κ1) is 16.5. The minimum absolute atomic E-state index is 0.0174. The van der Waals surface area contributed by atoms with E-state index in [1.54, 1.807) is 18.2 Å². The third kappa shape index (κ3) is 2.76. The summed E-state index contributed by atoms with van der Waals surface area (Å²) in [5, 5.41) is 20.9. The van der Waals surface area contributed by atoms with Gasteiger partial charge in [0.05, 0.1) is 5.69 Å². The van der Waals surface area contributed by atoms with Gasteiger partial charge in [-0.2, -0.15) is 13.2 Å². The predicted molar refractivity (Wildman–Crippen MR) is 84.7 cm³/mol. The number of rotatable bonds is 3. The molecule has 124 valence electrons. The number of alkyl halides is 3. The van der Waals surface area contributed by atoms with Crippen LogP contribution in [0.4, 0.5) is 13.2 Å². The Balaban J connectivity index is 2.11. The Morgan fingerprint density at radius 1 is 0.958 bits per heavy atom. The highest BCUT2D eigenvalue weighted by Gasteiger charge is 2.58. The van der Waals surface area contributed by atoms with Crippen LogP contribution in [0.3, 0.4) is 0 Å². The maximum atomic E-state index is 13.6. The van der Waals surface area contributed by atoms with Gasteiger partial charge in [-0.15, -0.1) is 11.3 Å². The Kier molecular flexibility index (Phi) is 4.06. The van der Waals surface area contributed by atoms with Gasteiger partial charge < -0.3 is 10.2 Å². The minimum atomic E-state index is -4.93. The lowest BCUT2D eigenvalue weighted by Crippen LogP contribution is -2.43. The molecular formula is C17H12F3NO2S. The Morgan fingerprint density at radius 3 is 2.29 bits per heavy atom. The maximum absolute atomic E-state index is 13.6. The summed E-state index contributed by atoms with van der Waals surface area (Å²) in [6.45, 7) is 0. The van der Waals surface area contributed by atoms with E-state index in [2.05, 4.69) is 4.98 Å². The fourth-order valence-electron chi connectivity index (χ4n) is 2.33. The quantitative estimate of drug-likeness (QED) is 0.739. The van der Waals surface area contributed by atoms with E-state index in [0.29, 0.717) is 16.9 Å². The van der Waals surface area contributed by atoms with Crippen LogP contribution < -0.4 is 0 Å². The second-order valence-electron chi connectivity index (χ2n) is 5.16. The van der Waals surface area contributed by atoms with Gasteiger partial charge in [0, 0.05) is 10.9 Å². The first-order valence-electron chi connectivity index (χ1n) is 6.92. The van der Waals surface area contributed by atoms with Crippen LogP contribution >= 0.6 is 11.3 Å². The summed E-state index contributed by atoms with van der Waals surface area (Å²) in [7, 11) is 0. The van der Waals surface area contributed by atoms with E-state index in [1.807, 2.05) is 0 Å². The van der Waals surface area contributed by atoms with Gasteiger partial charge in [-0.25, -0.2) is 4.98 Å². The van der Waals surface area contributed by atoms with Crippen molar-refractivity contribution in [1.82, 2.24) is 4.98 Å². The molecule has 7 heteroatoms. The molecular weight excluding hydrogens is 339 g/mol. The molecule has 0 aliphatic rings. The molecule has 3 nitrogen and oxygen atoms in total. The van der Waals surface area contributed by atoms with Crippen LogP contribution in [0.1, 0.15) is 10.6 Å². The van der Waals surface area contributed by atoms with Crippen molar-refractivity contribution >= 4 is 11.3 Å². The van der Waals surface area contributed by atoms with E-state index in [1.165, 1.54) is 41.8 Å². The molecule has 0 bridgehead atoms. The SMILES string of the molecule is Oc1cccc(-c2csc(C(O)(c3ccccc3)C(F)(F)F)n2)c1. The number of thiazole rings is 1. The summed E-state index contributed by atoms with van der Waals surface area (Å²) in [4.78, 5) is 3.97. The number of aromatic nitrogens is 1. The van der Waals surface area contributed by atoms with Crippen LogP contribution in [0, 0.1) is 0 Å². The second kappa shape index (κ2) is 5.92. The number of halogens is 3. The normalized spacial score (nSPS) is 14.3. The van der Waals surface area contributed by atoms with Crippen molar-refractivity contribution in [2.75, 3.05) is 0 Å². The summed E-state index contributed by atoms with van der Waals surface area (Å²) in [5.41, 5.74) is -2.76. The Bertz CT molecular complexity index is 848. The van der Waals surface area contributed by atoms with Gasteiger partial charge in [-0.3, -0.25) is 0 Å².